The molecule has 0 aromatic heterocycles. The molecule has 0 saturated carbocycles. The standard InChI is InChI=1S/C15H9BrN2O/c16-13-4-3-11(15(18)19)12-6-9-5-8(7-17)1-2-10(9)14(12)13/h1-5H,6H2,(H2,18,19). The Morgan fingerprint density at radius 3 is 2.79 bits per heavy atom. The largest absolute Gasteiger partial charge is 0.366 e. The molecule has 0 heterocycles. The SMILES string of the molecule is N#Cc1ccc2c(c1)Cc1c(C(N)=O)ccc(Br)c1-2. The Morgan fingerprint density at radius 1 is 1.32 bits per heavy atom. The summed E-state index contributed by atoms with van der Waals surface area (Å²) in [4.78, 5) is 11.5. The molecule has 2 N–H and O–H groups in total. The van der Waals surface area contributed by atoms with Crippen LogP contribution in [0.5, 0.6) is 0 Å². The smallest absolute Gasteiger partial charge is 0.249 e. The van der Waals surface area contributed by atoms with E-state index in [4.69, 9.17) is 11.0 Å². The van der Waals surface area contributed by atoms with E-state index in [9.17, 15) is 4.79 Å². The lowest BCUT2D eigenvalue weighted by molar-refractivity contribution is 0.0999. The average molecular weight is 313 g/mol. The molecule has 3 nitrogen and oxygen atoms in total. The van der Waals surface area contributed by atoms with Crippen molar-refractivity contribution in [2.24, 2.45) is 5.73 Å². The lowest BCUT2D eigenvalue weighted by Crippen LogP contribution is -2.13. The molecule has 2 aromatic carbocycles. The highest BCUT2D eigenvalue weighted by atomic mass is 79.9. The molecule has 0 spiro atoms. The third kappa shape index (κ3) is 1.74. The van der Waals surface area contributed by atoms with E-state index in [0.29, 0.717) is 17.5 Å². The predicted octanol–water partition coefficient (Wildman–Crippen LogP) is 2.99. The first-order valence-electron chi connectivity index (χ1n) is 5.76. The van der Waals surface area contributed by atoms with E-state index in [1.807, 2.05) is 18.2 Å². The van der Waals surface area contributed by atoms with Gasteiger partial charge in [-0.2, -0.15) is 5.26 Å². The van der Waals surface area contributed by atoms with Crippen molar-refractivity contribution in [2.45, 2.75) is 6.42 Å². The third-order valence-corrected chi connectivity index (χ3v) is 4.06. The summed E-state index contributed by atoms with van der Waals surface area (Å²) in [5.41, 5.74) is 10.7. The minimum absolute atomic E-state index is 0.419. The topological polar surface area (TPSA) is 66.9 Å². The van der Waals surface area contributed by atoms with Gasteiger partial charge in [0, 0.05) is 15.6 Å². The molecule has 1 aliphatic rings. The molecule has 0 unspecified atom stereocenters. The number of nitriles is 1. The van der Waals surface area contributed by atoms with Crippen LogP contribution in [0.3, 0.4) is 0 Å². The normalized spacial score (nSPS) is 11.6. The quantitative estimate of drug-likeness (QED) is 0.750. The van der Waals surface area contributed by atoms with Gasteiger partial charge in [0.25, 0.3) is 0 Å². The zero-order valence-corrected chi connectivity index (χ0v) is 11.5. The Kier molecular flexibility index (Phi) is 2.65. The Hall–Kier alpha value is -2.12. The van der Waals surface area contributed by atoms with Gasteiger partial charge in [-0.25, -0.2) is 0 Å². The average Bonchev–Trinajstić information content (AvgIpc) is 2.77. The van der Waals surface area contributed by atoms with Crippen LogP contribution in [0.2, 0.25) is 0 Å². The fourth-order valence-corrected chi connectivity index (χ4v) is 3.15. The number of hydrogen-bond acceptors (Lipinski definition) is 2. The number of rotatable bonds is 1. The van der Waals surface area contributed by atoms with Crippen molar-refractivity contribution in [2.75, 3.05) is 0 Å². The van der Waals surface area contributed by atoms with Crippen molar-refractivity contribution in [3.05, 3.63) is 57.1 Å². The molecule has 19 heavy (non-hydrogen) atoms. The molecule has 1 amide bonds. The maximum atomic E-state index is 11.5. The van der Waals surface area contributed by atoms with E-state index in [2.05, 4.69) is 22.0 Å². The summed E-state index contributed by atoms with van der Waals surface area (Å²) in [6, 6.07) is 11.3. The van der Waals surface area contributed by atoms with Crippen molar-refractivity contribution in [3.63, 3.8) is 0 Å². The predicted molar refractivity (Wildman–Crippen MR) is 75.6 cm³/mol. The van der Waals surface area contributed by atoms with Gasteiger partial charge >= 0.3 is 0 Å². The van der Waals surface area contributed by atoms with E-state index >= 15 is 0 Å². The van der Waals surface area contributed by atoms with E-state index in [-0.39, 0.29) is 0 Å². The molecule has 4 heteroatoms. The summed E-state index contributed by atoms with van der Waals surface area (Å²) < 4.78 is 0.941. The van der Waals surface area contributed by atoms with Crippen LogP contribution < -0.4 is 5.73 Å². The van der Waals surface area contributed by atoms with Crippen LogP contribution in [-0.4, -0.2) is 5.91 Å². The Balaban J connectivity index is 2.28. The number of nitrogens with zero attached hydrogens (tertiary/aromatic N) is 1. The van der Waals surface area contributed by atoms with Gasteiger partial charge in [-0.3, -0.25) is 4.79 Å². The zero-order chi connectivity index (χ0) is 13.6. The number of amides is 1. The molecule has 1 aliphatic carbocycles. The number of carbonyl (C=O) groups is 1. The van der Waals surface area contributed by atoms with Crippen LogP contribution in [-0.2, 0) is 6.42 Å². The molecule has 0 radical (unpaired) electrons. The van der Waals surface area contributed by atoms with Gasteiger partial charge in [-0.05, 0) is 47.4 Å². The number of fused-ring (bicyclic) bond motifs is 3. The van der Waals surface area contributed by atoms with Gasteiger partial charge in [0.05, 0.1) is 11.6 Å². The maximum absolute atomic E-state index is 11.5. The second kappa shape index (κ2) is 4.22. The zero-order valence-electron chi connectivity index (χ0n) is 9.90. The first kappa shape index (κ1) is 11.9. The van der Waals surface area contributed by atoms with Gasteiger partial charge in [0.15, 0.2) is 0 Å². The molecule has 0 bridgehead atoms. The van der Waals surface area contributed by atoms with Crippen LogP contribution in [0.1, 0.15) is 27.0 Å². The number of nitrogens with two attached hydrogens (primary N) is 1. The Morgan fingerprint density at radius 2 is 2.11 bits per heavy atom. The Labute approximate surface area is 118 Å². The first-order chi connectivity index (χ1) is 9.11. The lowest BCUT2D eigenvalue weighted by atomic mass is 10.0. The number of primary amides is 1. The van der Waals surface area contributed by atoms with Crippen molar-refractivity contribution in [1.29, 1.82) is 5.26 Å². The van der Waals surface area contributed by atoms with Crippen molar-refractivity contribution < 1.29 is 4.79 Å². The van der Waals surface area contributed by atoms with Gasteiger partial charge < -0.3 is 5.73 Å². The molecular weight excluding hydrogens is 304 g/mol. The summed E-state index contributed by atoms with van der Waals surface area (Å²) >= 11 is 3.52. The van der Waals surface area contributed by atoms with Crippen molar-refractivity contribution in [1.82, 2.24) is 0 Å². The minimum Gasteiger partial charge on any atom is -0.366 e. The van der Waals surface area contributed by atoms with E-state index in [1.165, 1.54) is 0 Å². The third-order valence-electron chi connectivity index (χ3n) is 3.40. The molecule has 3 rings (SSSR count). The number of hydrogen-bond donors (Lipinski definition) is 1. The van der Waals surface area contributed by atoms with Crippen LogP contribution in [0.15, 0.2) is 34.8 Å². The van der Waals surface area contributed by atoms with Crippen LogP contribution in [0.4, 0.5) is 0 Å². The highest BCUT2D eigenvalue weighted by molar-refractivity contribution is 9.10. The lowest BCUT2D eigenvalue weighted by Gasteiger charge is -2.07. The fourth-order valence-electron chi connectivity index (χ4n) is 2.57. The maximum Gasteiger partial charge on any atom is 0.249 e. The van der Waals surface area contributed by atoms with Crippen LogP contribution in [0, 0.1) is 11.3 Å². The van der Waals surface area contributed by atoms with Crippen molar-refractivity contribution in [3.8, 4) is 17.2 Å². The van der Waals surface area contributed by atoms with Gasteiger partial charge in [0.2, 0.25) is 5.91 Å². The highest BCUT2D eigenvalue weighted by Gasteiger charge is 2.25. The van der Waals surface area contributed by atoms with Crippen LogP contribution >= 0.6 is 15.9 Å². The van der Waals surface area contributed by atoms with Crippen LogP contribution in [0.25, 0.3) is 11.1 Å². The highest BCUT2D eigenvalue weighted by Crippen LogP contribution is 2.43. The van der Waals surface area contributed by atoms with E-state index in [1.54, 1.807) is 12.1 Å². The number of carbonyl (C=O) groups excluding carboxylic acids is 1. The van der Waals surface area contributed by atoms with Gasteiger partial charge in [0.1, 0.15) is 0 Å². The molecule has 2 aromatic rings. The molecular formula is C15H9BrN2O. The summed E-state index contributed by atoms with van der Waals surface area (Å²) in [7, 11) is 0. The fraction of sp³-hybridized carbons (Fsp3) is 0.0667. The molecule has 0 fully saturated rings. The van der Waals surface area contributed by atoms with E-state index in [0.717, 1.165) is 26.7 Å². The van der Waals surface area contributed by atoms with Gasteiger partial charge in [-0.1, -0.05) is 22.0 Å². The number of benzene rings is 2. The Bertz CT molecular complexity index is 759. The van der Waals surface area contributed by atoms with Crippen molar-refractivity contribution >= 4 is 21.8 Å². The molecule has 0 saturated heterocycles. The molecule has 0 aliphatic heterocycles. The summed E-state index contributed by atoms with van der Waals surface area (Å²) in [5, 5.41) is 8.95. The molecule has 0 atom stereocenters. The summed E-state index contributed by atoms with van der Waals surface area (Å²) in [6.07, 6.45) is 0.637. The minimum atomic E-state index is -0.419. The summed E-state index contributed by atoms with van der Waals surface area (Å²) in [5.74, 6) is -0.419. The summed E-state index contributed by atoms with van der Waals surface area (Å²) in [6.45, 7) is 0. The monoisotopic (exact) mass is 312 g/mol. The molecule has 92 valence electrons. The second-order valence-electron chi connectivity index (χ2n) is 4.47. The first-order valence-corrected chi connectivity index (χ1v) is 6.55. The van der Waals surface area contributed by atoms with E-state index < -0.39 is 5.91 Å². The second-order valence-corrected chi connectivity index (χ2v) is 5.33. The van der Waals surface area contributed by atoms with Gasteiger partial charge in [-0.15, -0.1) is 0 Å². The number of halogens is 1.